The van der Waals surface area contributed by atoms with Gasteiger partial charge in [-0.25, -0.2) is 0 Å². The van der Waals surface area contributed by atoms with Crippen LogP contribution in [0.1, 0.15) is 45.1 Å². The van der Waals surface area contributed by atoms with Gasteiger partial charge in [0.1, 0.15) is 5.75 Å². The second-order valence-corrected chi connectivity index (χ2v) is 6.28. The van der Waals surface area contributed by atoms with Gasteiger partial charge in [0.05, 0.1) is 0 Å². The van der Waals surface area contributed by atoms with Gasteiger partial charge in [0.15, 0.2) is 5.96 Å². The Morgan fingerprint density at radius 3 is 2.73 bits per heavy atom. The van der Waals surface area contributed by atoms with Crippen molar-refractivity contribution in [3.8, 4) is 5.75 Å². The van der Waals surface area contributed by atoms with Crippen LogP contribution in [0, 0.1) is 5.92 Å². The zero-order chi connectivity index (χ0) is 15.8. The lowest BCUT2D eigenvalue weighted by Crippen LogP contribution is -2.44. The molecule has 4 heteroatoms. The number of aliphatic imine (C=N–C) groups is 1. The smallest absolute Gasteiger partial charge is 0.191 e. The van der Waals surface area contributed by atoms with Gasteiger partial charge in [-0.2, -0.15) is 0 Å². The minimum Gasteiger partial charge on any atom is -0.508 e. The van der Waals surface area contributed by atoms with Gasteiger partial charge in [-0.15, -0.1) is 0 Å². The van der Waals surface area contributed by atoms with Crippen molar-refractivity contribution in [3.63, 3.8) is 0 Å². The number of hydrogen-bond donors (Lipinski definition) is 3. The molecule has 22 heavy (non-hydrogen) atoms. The third-order valence-corrected chi connectivity index (χ3v) is 4.28. The van der Waals surface area contributed by atoms with E-state index in [-0.39, 0.29) is 0 Å². The van der Waals surface area contributed by atoms with Gasteiger partial charge in [-0.05, 0) is 62.6 Å². The molecule has 0 radical (unpaired) electrons. The van der Waals surface area contributed by atoms with Gasteiger partial charge >= 0.3 is 0 Å². The number of guanidine groups is 1. The van der Waals surface area contributed by atoms with E-state index in [0.717, 1.165) is 37.0 Å². The van der Waals surface area contributed by atoms with E-state index in [1.54, 1.807) is 12.1 Å². The lowest BCUT2D eigenvalue weighted by Gasteiger charge is -2.28. The average Bonchev–Trinajstić information content (AvgIpc) is 2.50. The molecule has 0 saturated heterocycles. The second-order valence-electron chi connectivity index (χ2n) is 6.28. The number of nitrogens with one attached hydrogen (secondary N) is 2. The molecule has 0 unspecified atom stereocenters. The lowest BCUT2D eigenvalue weighted by atomic mass is 9.87. The summed E-state index contributed by atoms with van der Waals surface area (Å²) in [7, 11) is 0. The van der Waals surface area contributed by atoms with Crippen LogP contribution in [0.25, 0.3) is 0 Å². The Balaban J connectivity index is 1.84. The van der Waals surface area contributed by atoms with E-state index < -0.39 is 0 Å². The maximum atomic E-state index is 9.48. The maximum absolute atomic E-state index is 9.48. The Morgan fingerprint density at radius 1 is 1.27 bits per heavy atom. The third-order valence-electron chi connectivity index (χ3n) is 4.28. The minimum absolute atomic E-state index is 0.322. The van der Waals surface area contributed by atoms with Crippen LogP contribution in [-0.4, -0.2) is 30.2 Å². The zero-order valence-electron chi connectivity index (χ0n) is 13.8. The lowest BCUT2D eigenvalue weighted by molar-refractivity contribution is 0.329. The summed E-state index contributed by atoms with van der Waals surface area (Å²) in [5.74, 6) is 2.10. The quantitative estimate of drug-likeness (QED) is 0.579. The van der Waals surface area contributed by atoms with Gasteiger partial charge in [-0.1, -0.05) is 19.1 Å². The van der Waals surface area contributed by atoms with E-state index in [2.05, 4.69) is 29.5 Å². The number of aromatic hydroxyl groups is 1. The maximum Gasteiger partial charge on any atom is 0.191 e. The molecule has 1 aromatic rings. The molecular formula is C18H29N3O. The van der Waals surface area contributed by atoms with Crippen molar-refractivity contribution in [1.29, 1.82) is 0 Å². The fourth-order valence-electron chi connectivity index (χ4n) is 2.93. The first-order chi connectivity index (χ1) is 10.7. The van der Waals surface area contributed by atoms with Gasteiger partial charge in [0, 0.05) is 19.1 Å². The highest BCUT2D eigenvalue weighted by molar-refractivity contribution is 5.80. The number of phenols is 1. The zero-order valence-corrected chi connectivity index (χ0v) is 13.8. The van der Waals surface area contributed by atoms with Gasteiger partial charge < -0.3 is 15.7 Å². The van der Waals surface area contributed by atoms with Crippen molar-refractivity contribution in [1.82, 2.24) is 10.6 Å². The van der Waals surface area contributed by atoms with Crippen LogP contribution in [0.3, 0.4) is 0 Å². The Morgan fingerprint density at radius 2 is 2.05 bits per heavy atom. The summed E-state index contributed by atoms with van der Waals surface area (Å²) in [6, 6.07) is 7.95. The predicted molar refractivity (Wildman–Crippen MR) is 92.3 cm³/mol. The van der Waals surface area contributed by atoms with Gasteiger partial charge in [0.25, 0.3) is 0 Å². The van der Waals surface area contributed by atoms with Crippen LogP contribution in [0.5, 0.6) is 5.75 Å². The summed E-state index contributed by atoms with van der Waals surface area (Å²) in [4.78, 5) is 4.66. The fraction of sp³-hybridized carbons (Fsp3) is 0.611. The topological polar surface area (TPSA) is 56.7 Å². The summed E-state index contributed by atoms with van der Waals surface area (Å²) >= 11 is 0. The van der Waals surface area contributed by atoms with Crippen LogP contribution < -0.4 is 10.6 Å². The van der Waals surface area contributed by atoms with Crippen molar-refractivity contribution >= 4 is 5.96 Å². The largest absolute Gasteiger partial charge is 0.508 e. The molecular weight excluding hydrogens is 274 g/mol. The average molecular weight is 303 g/mol. The highest BCUT2D eigenvalue weighted by atomic mass is 16.3. The van der Waals surface area contributed by atoms with Crippen LogP contribution in [0.2, 0.25) is 0 Å². The monoisotopic (exact) mass is 303 g/mol. The Labute approximate surface area is 134 Å². The first-order valence-corrected chi connectivity index (χ1v) is 8.50. The van der Waals surface area contributed by atoms with Crippen molar-refractivity contribution in [2.24, 2.45) is 10.9 Å². The van der Waals surface area contributed by atoms with Gasteiger partial charge in [0.2, 0.25) is 0 Å². The summed E-state index contributed by atoms with van der Waals surface area (Å²) in [6.45, 7) is 6.03. The number of rotatable bonds is 5. The SMILES string of the molecule is CCNC(=NCCc1cccc(O)c1)NC1CCC(C)CC1. The first-order valence-electron chi connectivity index (χ1n) is 8.50. The molecule has 0 aliphatic heterocycles. The summed E-state index contributed by atoms with van der Waals surface area (Å²) < 4.78 is 0. The number of phenolic OH excluding ortho intramolecular Hbond substituents is 1. The molecule has 1 aromatic carbocycles. The molecule has 1 saturated carbocycles. The van der Waals surface area contributed by atoms with Crippen LogP contribution in [0.15, 0.2) is 29.3 Å². The molecule has 0 heterocycles. The van der Waals surface area contributed by atoms with Gasteiger partial charge in [-0.3, -0.25) is 4.99 Å². The Hall–Kier alpha value is -1.71. The van der Waals surface area contributed by atoms with Crippen LogP contribution in [0.4, 0.5) is 0 Å². The Kier molecular flexibility index (Phi) is 6.56. The highest BCUT2D eigenvalue weighted by Gasteiger charge is 2.18. The van der Waals surface area contributed by atoms with E-state index in [1.165, 1.54) is 25.7 Å². The van der Waals surface area contributed by atoms with E-state index in [9.17, 15) is 5.11 Å². The number of benzene rings is 1. The number of hydrogen-bond acceptors (Lipinski definition) is 2. The van der Waals surface area contributed by atoms with E-state index >= 15 is 0 Å². The molecule has 4 nitrogen and oxygen atoms in total. The standard InChI is InChI=1S/C18H29N3O/c1-3-19-18(21-16-9-7-14(2)8-10-16)20-12-11-15-5-4-6-17(22)13-15/h4-6,13-14,16,22H,3,7-12H2,1-2H3,(H2,19,20,21). The molecule has 0 amide bonds. The Bertz CT molecular complexity index is 479. The predicted octanol–water partition coefficient (Wildman–Crippen LogP) is 3.07. The summed E-state index contributed by atoms with van der Waals surface area (Å²) in [6.07, 6.45) is 5.92. The van der Waals surface area contributed by atoms with E-state index in [0.29, 0.717) is 11.8 Å². The molecule has 3 N–H and O–H groups in total. The van der Waals surface area contributed by atoms with Crippen molar-refractivity contribution in [3.05, 3.63) is 29.8 Å². The van der Waals surface area contributed by atoms with Crippen molar-refractivity contribution in [2.45, 2.75) is 52.0 Å². The molecule has 1 aliphatic rings. The second kappa shape index (κ2) is 8.66. The van der Waals surface area contributed by atoms with E-state index in [4.69, 9.17) is 0 Å². The minimum atomic E-state index is 0.322. The molecule has 2 rings (SSSR count). The molecule has 1 aliphatic carbocycles. The van der Waals surface area contributed by atoms with Crippen molar-refractivity contribution in [2.75, 3.05) is 13.1 Å². The summed E-state index contributed by atoms with van der Waals surface area (Å²) in [5.41, 5.74) is 1.12. The molecule has 0 spiro atoms. The number of nitrogens with zero attached hydrogens (tertiary/aromatic N) is 1. The van der Waals surface area contributed by atoms with Crippen LogP contribution >= 0.6 is 0 Å². The highest BCUT2D eigenvalue weighted by Crippen LogP contribution is 2.23. The normalized spacial score (nSPS) is 22.4. The van der Waals surface area contributed by atoms with Crippen LogP contribution in [-0.2, 0) is 6.42 Å². The molecule has 0 bridgehead atoms. The molecule has 1 fully saturated rings. The molecule has 0 atom stereocenters. The first kappa shape index (κ1) is 16.7. The van der Waals surface area contributed by atoms with E-state index in [1.807, 2.05) is 12.1 Å². The molecule has 122 valence electrons. The third kappa shape index (κ3) is 5.58. The fourth-order valence-corrected chi connectivity index (χ4v) is 2.93. The molecule has 0 aromatic heterocycles. The van der Waals surface area contributed by atoms with Crippen molar-refractivity contribution < 1.29 is 5.11 Å². The summed E-state index contributed by atoms with van der Waals surface area (Å²) in [5, 5.41) is 16.4.